The number of nitrogens with one attached hydrogen (secondary N) is 1. The van der Waals surface area contributed by atoms with Crippen LogP contribution in [0.4, 0.5) is 5.69 Å². The summed E-state index contributed by atoms with van der Waals surface area (Å²) in [5.41, 5.74) is 1.80. The summed E-state index contributed by atoms with van der Waals surface area (Å²) in [6.45, 7) is 3.21. The van der Waals surface area contributed by atoms with E-state index in [4.69, 9.17) is 27.9 Å². The van der Waals surface area contributed by atoms with Gasteiger partial charge in [-0.1, -0.05) is 79.2 Å². The van der Waals surface area contributed by atoms with Gasteiger partial charge in [0.1, 0.15) is 18.3 Å². The summed E-state index contributed by atoms with van der Waals surface area (Å²) in [5, 5.41) is 3.55. The van der Waals surface area contributed by atoms with Crippen molar-refractivity contribution in [1.29, 1.82) is 0 Å². The molecule has 1 aliphatic rings. The lowest BCUT2D eigenvalue weighted by Gasteiger charge is -2.34. The Balaban J connectivity index is 1.73. The van der Waals surface area contributed by atoms with Crippen LogP contribution < -0.4 is 14.4 Å². The van der Waals surface area contributed by atoms with E-state index < -0.39 is 28.5 Å². The maximum Gasteiger partial charge on any atom is 0.264 e. The van der Waals surface area contributed by atoms with Crippen molar-refractivity contribution in [3.63, 3.8) is 0 Å². The smallest absolute Gasteiger partial charge is 0.264 e. The molecule has 1 atom stereocenters. The van der Waals surface area contributed by atoms with Crippen LogP contribution in [0.5, 0.6) is 5.75 Å². The summed E-state index contributed by atoms with van der Waals surface area (Å²) in [6.07, 6.45) is 5.36. The zero-order valence-corrected chi connectivity index (χ0v) is 27.6. The number of hydrogen-bond acceptors (Lipinski definition) is 5. The number of sulfonamides is 1. The first-order valence-corrected chi connectivity index (χ1v) is 17.0. The first-order valence-electron chi connectivity index (χ1n) is 14.8. The fraction of sp³-hybridized carbons (Fsp3) is 0.394. The average molecular weight is 661 g/mol. The van der Waals surface area contributed by atoms with E-state index in [0.29, 0.717) is 12.2 Å². The SMILES string of the molecule is CCC(C(=O)NC1CCCCC1)N(Cc1cccc(OC)c1)C(=O)CN(c1ccc(Cl)c(Cl)c1)S(=O)(=O)c1ccc(C)cc1. The molecule has 0 aliphatic heterocycles. The highest BCUT2D eigenvalue weighted by atomic mass is 35.5. The van der Waals surface area contributed by atoms with E-state index in [1.54, 1.807) is 31.4 Å². The van der Waals surface area contributed by atoms with Crippen LogP contribution in [0.25, 0.3) is 0 Å². The second-order valence-electron chi connectivity index (χ2n) is 11.1. The molecule has 1 N–H and O–H groups in total. The van der Waals surface area contributed by atoms with Gasteiger partial charge in [0, 0.05) is 12.6 Å². The van der Waals surface area contributed by atoms with Gasteiger partial charge in [-0.2, -0.15) is 0 Å². The van der Waals surface area contributed by atoms with Gasteiger partial charge in [0.05, 0.1) is 27.7 Å². The maximum atomic E-state index is 14.3. The number of amides is 2. The number of anilines is 1. The molecule has 0 saturated heterocycles. The van der Waals surface area contributed by atoms with Gasteiger partial charge in [-0.25, -0.2) is 8.42 Å². The van der Waals surface area contributed by atoms with Crippen LogP contribution >= 0.6 is 23.2 Å². The monoisotopic (exact) mass is 659 g/mol. The molecule has 11 heteroatoms. The largest absolute Gasteiger partial charge is 0.497 e. The minimum atomic E-state index is -4.22. The normalized spacial score (nSPS) is 14.5. The molecule has 3 aromatic rings. The van der Waals surface area contributed by atoms with Gasteiger partial charge in [0.25, 0.3) is 10.0 Å². The van der Waals surface area contributed by atoms with Gasteiger partial charge in [-0.3, -0.25) is 13.9 Å². The van der Waals surface area contributed by atoms with Crippen molar-refractivity contribution in [2.45, 2.75) is 75.9 Å². The van der Waals surface area contributed by atoms with E-state index in [9.17, 15) is 18.0 Å². The Morgan fingerprint density at radius 2 is 1.68 bits per heavy atom. The Labute approximate surface area is 270 Å². The minimum absolute atomic E-state index is 0.0170. The van der Waals surface area contributed by atoms with Gasteiger partial charge >= 0.3 is 0 Å². The minimum Gasteiger partial charge on any atom is -0.497 e. The first-order chi connectivity index (χ1) is 21.0. The molecule has 2 amide bonds. The summed E-state index contributed by atoms with van der Waals surface area (Å²) < 4.78 is 34.5. The Kier molecular flexibility index (Phi) is 11.6. The Bertz CT molecular complexity index is 1560. The third-order valence-electron chi connectivity index (χ3n) is 7.90. The average Bonchev–Trinajstić information content (AvgIpc) is 3.01. The number of halogens is 2. The molecule has 0 radical (unpaired) electrons. The molecule has 44 heavy (non-hydrogen) atoms. The van der Waals surface area contributed by atoms with E-state index in [0.717, 1.165) is 47.5 Å². The number of carbonyl (C=O) groups is 2. The Morgan fingerprint density at radius 1 is 0.977 bits per heavy atom. The van der Waals surface area contributed by atoms with Crippen LogP contribution in [-0.4, -0.2) is 50.9 Å². The molecule has 3 aromatic carbocycles. The summed E-state index contributed by atoms with van der Waals surface area (Å²) in [4.78, 5) is 29.5. The zero-order valence-electron chi connectivity index (χ0n) is 25.3. The second-order valence-corrected chi connectivity index (χ2v) is 13.7. The predicted octanol–water partition coefficient (Wildman–Crippen LogP) is 6.76. The van der Waals surface area contributed by atoms with Gasteiger partial charge in [-0.05, 0) is 74.2 Å². The highest BCUT2D eigenvalue weighted by molar-refractivity contribution is 7.92. The number of hydrogen-bond donors (Lipinski definition) is 1. The lowest BCUT2D eigenvalue weighted by Crippen LogP contribution is -2.54. The Morgan fingerprint density at radius 3 is 2.32 bits per heavy atom. The van der Waals surface area contributed by atoms with Gasteiger partial charge < -0.3 is 15.0 Å². The van der Waals surface area contributed by atoms with Crippen LogP contribution in [0.15, 0.2) is 71.6 Å². The van der Waals surface area contributed by atoms with Crippen molar-refractivity contribution in [3.8, 4) is 5.75 Å². The highest BCUT2D eigenvalue weighted by Crippen LogP contribution is 2.31. The molecule has 1 unspecified atom stereocenters. The van der Waals surface area contributed by atoms with Crippen LogP contribution in [-0.2, 0) is 26.2 Å². The van der Waals surface area contributed by atoms with E-state index >= 15 is 0 Å². The van der Waals surface area contributed by atoms with E-state index in [1.807, 2.05) is 26.0 Å². The van der Waals surface area contributed by atoms with Crippen molar-refractivity contribution < 1.29 is 22.7 Å². The van der Waals surface area contributed by atoms with Crippen LogP contribution in [0.2, 0.25) is 10.0 Å². The number of aryl methyl sites for hydroxylation is 1. The molecule has 1 saturated carbocycles. The lowest BCUT2D eigenvalue weighted by molar-refractivity contribution is -0.140. The first kappa shape index (κ1) is 33.6. The van der Waals surface area contributed by atoms with Crippen molar-refractivity contribution >= 4 is 50.7 Å². The maximum absolute atomic E-state index is 14.3. The summed E-state index contributed by atoms with van der Waals surface area (Å²) in [5.74, 6) is -0.188. The van der Waals surface area contributed by atoms with Crippen molar-refractivity contribution in [2.75, 3.05) is 18.0 Å². The Hall–Kier alpha value is -3.27. The summed E-state index contributed by atoms with van der Waals surface area (Å²) in [7, 11) is -2.67. The molecule has 8 nitrogen and oxygen atoms in total. The number of benzene rings is 3. The molecule has 0 aromatic heterocycles. The van der Waals surface area contributed by atoms with Crippen molar-refractivity contribution in [2.24, 2.45) is 0 Å². The molecule has 4 rings (SSSR count). The quantitative estimate of drug-likeness (QED) is 0.232. The summed E-state index contributed by atoms with van der Waals surface area (Å²) in [6, 6.07) is 17.3. The molecule has 236 valence electrons. The molecule has 0 spiro atoms. The van der Waals surface area contributed by atoms with E-state index in [-0.39, 0.29) is 39.1 Å². The lowest BCUT2D eigenvalue weighted by atomic mass is 9.95. The standard InChI is InChI=1S/C33H39Cl2N3O5S/c1-4-31(33(40)36-25-10-6-5-7-11-25)37(21-24-9-8-12-27(19-24)43-3)32(39)22-38(26-15-18-29(34)30(35)20-26)44(41,42)28-16-13-23(2)14-17-28/h8-9,12-20,25,31H,4-7,10-11,21-22H2,1-3H3,(H,36,40). The van der Waals surface area contributed by atoms with Gasteiger partial charge in [-0.15, -0.1) is 0 Å². The third kappa shape index (κ3) is 8.25. The summed E-state index contributed by atoms with van der Waals surface area (Å²) >= 11 is 12.5. The molecule has 1 aliphatic carbocycles. The number of carbonyl (C=O) groups excluding carboxylic acids is 2. The molecular formula is C33H39Cl2N3O5S. The fourth-order valence-corrected chi connectivity index (χ4v) is 7.14. The third-order valence-corrected chi connectivity index (χ3v) is 10.4. The number of nitrogens with zero attached hydrogens (tertiary/aromatic N) is 2. The zero-order chi connectivity index (χ0) is 31.9. The number of ether oxygens (including phenoxy) is 1. The second kappa shape index (κ2) is 15.1. The number of methoxy groups -OCH3 is 1. The molecule has 0 bridgehead atoms. The van der Waals surface area contributed by atoms with Gasteiger partial charge in [0.2, 0.25) is 11.8 Å². The molecule has 0 heterocycles. The van der Waals surface area contributed by atoms with Crippen LogP contribution in [0, 0.1) is 6.92 Å². The van der Waals surface area contributed by atoms with Crippen LogP contribution in [0.3, 0.4) is 0 Å². The fourth-order valence-electron chi connectivity index (χ4n) is 5.44. The van der Waals surface area contributed by atoms with E-state index in [2.05, 4.69) is 5.32 Å². The van der Waals surface area contributed by atoms with E-state index in [1.165, 1.54) is 35.2 Å². The van der Waals surface area contributed by atoms with Crippen molar-refractivity contribution in [1.82, 2.24) is 10.2 Å². The molecule has 1 fully saturated rings. The molecular weight excluding hydrogens is 621 g/mol. The van der Waals surface area contributed by atoms with Crippen LogP contribution in [0.1, 0.15) is 56.6 Å². The predicted molar refractivity (Wildman–Crippen MR) is 175 cm³/mol. The topological polar surface area (TPSA) is 96.0 Å². The van der Waals surface area contributed by atoms with Crippen molar-refractivity contribution in [3.05, 3.63) is 87.9 Å². The van der Waals surface area contributed by atoms with Gasteiger partial charge in [0.15, 0.2) is 0 Å². The highest BCUT2D eigenvalue weighted by Gasteiger charge is 2.34. The number of rotatable bonds is 12.